The maximum atomic E-state index is 12.5. The fourth-order valence-corrected chi connectivity index (χ4v) is 2.33. The molecule has 0 aromatic heterocycles. The number of aliphatic hydroxyl groups is 1. The van der Waals surface area contributed by atoms with Crippen molar-refractivity contribution in [2.45, 2.75) is 26.6 Å². The van der Waals surface area contributed by atoms with Gasteiger partial charge in [0.1, 0.15) is 0 Å². The van der Waals surface area contributed by atoms with Crippen LogP contribution in [0.1, 0.15) is 19.4 Å². The lowest BCUT2D eigenvalue weighted by molar-refractivity contribution is -0.128. The summed E-state index contributed by atoms with van der Waals surface area (Å²) in [5.74, 6) is 3.30. The second kappa shape index (κ2) is 6.06. The average molecular weight is 289 g/mol. The molecule has 1 aromatic carbocycles. The van der Waals surface area contributed by atoms with Gasteiger partial charge < -0.3 is 14.6 Å². The summed E-state index contributed by atoms with van der Waals surface area (Å²) in [4.78, 5) is 14.0. The molecule has 0 saturated carbocycles. The maximum absolute atomic E-state index is 12.5. The standard InChI is InChI=1S/C16H19NO4/c1-5-6-17-12-7-11(9-18)8-13(20-4)15(12)21-14(10(2)3)16(17)19/h1,7-8,10,14,18H,6,9H2,2-4H3. The number of nitrogens with zero attached hydrogens (tertiary/aromatic N) is 1. The number of amides is 1. The van der Waals surface area contributed by atoms with Crippen LogP contribution in [0.3, 0.4) is 0 Å². The number of hydrogen-bond donors (Lipinski definition) is 1. The summed E-state index contributed by atoms with van der Waals surface area (Å²) in [6.07, 6.45) is 4.78. The Kier molecular flexibility index (Phi) is 4.39. The minimum absolute atomic E-state index is 0.00755. The van der Waals surface area contributed by atoms with Gasteiger partial charge in [-0.1, -0.05) is 19.8 Å². The van der Waals surface area contributed by atoms with E-state index in [1.807, 2.05) is 13.8 Å². The fourth-order valence-electron chi connectivity index (χ4n) is 2.33. The third-order valence-corrected chi connectivity index (χ3v) is 3.40. The molecule has 1 aliphatic heterocycles. The first-order valence-corrected chi connectivity index (χ1v) is 6.76. The number of aliphatic hydroxyl groups excluding tert-OH is 1. The fraction of sp³-hybridized carbons (Fsp3) is 0.438. The van der Waals surface area contributed by atoms with Crippen LogP contribution >= 0.6 is 0 Å². The Hall–Kier alpha value is -2.19. The first kappa shape index (κ1) is 15.2. The molecule has 1 aliphatic rings. The van der Waals surface area contributed by atoms with E-state index in [0.29, 0.717) is 22.7 Å². The van der Waals surface area contributed by atoms with Gasteiger partial charge in [0.05, 0.1) is 25.9 Å². The molecule has 1 amide bonds. The first-order chi connectivity index (χ1) is 10.0. The molecule has 0 bridgehead atoms. The molecule has 0 spiro atoms. The predicted molar refractivity (Wildman–Crippen MR) is 79.4 cm³/mol. The molecule has 0 radical (unpaired) electrons. The average Bonchev–Trinajstić information content (AvgIpc) is 2.48. The Balaban J connectivity index is 2.60. The number of hydrogen-bond acceptors (Lipinski definition) is 4. The number of benzene rings is 1. The van der Waals surface area contributed by atoms with E-state index in [-0.39, 0.29) is 25.0 Å². The van der Waals surface area contributed by atoms with Gasteiger partial charge in [-0.2, -0.15) is 0 Å². The van der Waals surface area contributed by atoms with E-state index in [4.69, 9.17) is 15.9 Å². The first-order valence-electron chi connectivity index (χ1n) is 6.76. The second-order valence-corrected chi connectivity index (χ2v) is 5.22. The number of anilines is 1. The molecule has 21 heavy (non-hydrogen) atoms. The minimum Gasteiger partial charge on any atom is -0.493 e. The molecule has 2 rings (SSSR count). The Morgan fingerprint density at radius 1 is 1.52 bits per heavy atom. The Labute approximate surface area is 124 Å². The molecule has 0 aliphatic carbocycles. The van der Waals surface area contributed by atoms with E-state index in [9.17, 15) is 9.90 Å². The van der Waals surface area contributed by atoms with Crippen LogP contribution in [0.2, 0.25) is 0 Å². The van der Waals surface area contributed by atoms with Gasteiger partial charge in [0.2, 0.25) is 0 Å². The molecule has 5 heteroatoms. The molecule has 112 valence electrons. The highest BCUT2D eigenvalue weighted by atomic mass is 16.5. The molecular formula is C16H19NO4. The number of methoxy groups -OCH3 is 1. The number of carbonyl (C=O) groups excluding carboxylic acids is 1. The smallest absolute Gasteiger partial charge is 0.269 e. The molecule has 1 aromatic rings. The van der Waals surface area contributed by atoms with Gasteiger partial charge in [-0.3, -0.25) is 9.69 Å². The van der Waals surface area contributed by atoms with Crippen LogP contribution in [-0.2, 0) is 11.4 Å². The highest BCUT2D eigenvalue weighted by molar-refractivity contribution is 6.01. The molecule has 1 N–H and O–H groups in total. The molecule has 1 unspecified atom stereocenters. The van der Waals surface area contributed by atoms with Gasteiger partial charge >= 0.3 is 0 Å². The topological polar surface area (TPSA) is 59.0 Å². The van der Waals surface area contributed by atoms with Gasteiger partial charge in [-0.15, -0.1) is 6.42 Å². The minimum atomic E-state index is -0.597. The van der Waals surface area contributed by atoms with E-state index in [2.05, 4.69) is 5.92 Å². The van der Waals surface area contributed by atoms with Crippen molar-refractivity contribution in [3.05, 3.63) is 17.7 Å². The third kappa shape index (κ3) is 2.67. The highest BCUT2D eigenvalue weighted by Crippen LogP contribution is 2.43. The quantitative estimate of drug-likeness (QED) is 0.855. The van der Waals surface area contributed by atoms with Crippen LogP contribution in [0.25, 0.3) is 0 Å². The van der Waals surface area contributed by atoms with Crippen LogP contribution < -0.4 is 14.4 Å². The zero-order valence-corrected chi connectivity index (χ0v) is 12.4. The van der Waals surface area contributed by atoms with Crippen molar-refractivity contribution in [3.63, 3.8) is 0 Å². The zero-order valence-electron chi connectivity index (χ0n) is 12.4. The van der Waals surface area contributed by atoms with Crippen LogP contribution in [-0.4, -0.2) is 30.8 Å². The van der Waals surface area contributed by atoms with Gasteiger partial charge in [0.25, 0.3) is 5.91 Å². The maximum Gasteiger partial charge on any atom is 0.269 e. The summed E-state index contributed by atoms with van der Waals surface area (Å²) in [5.41, 5.74) is 1.17. The number of terminal acetylenes is 1. The Morgan fingerprint density at radius 3 is 2.76 bits per heavy atom. The second-order valence-electron chi connectivity index (χ2n) is 5.22. The molecule has 1 heterocycles. The molecule has 1 atom stereocenters. The predicted octanol–water partition coefficient (Wildman–Crippen LogP) is 1.57. The van der Waals surface area contributed by atoms with E-state index in [0.717, 1.165) is 0 Å². The van der Waals surface area contributed by atoms with Crippen LogP contribution in [0, 0.1) is 18.3 Å². The summed E-state index contributed by atoms with van der Waals surface area (Å²) in [6.45, 7) is 3.82. The molecule has 0 saturated heterocycles. The van der Waals surface area contributed by atoms with E-state index >= 15 is 0 Å². The summed E-state index contributed by atoms with van der Waals surface area (Å²) in [7, 11) is 1.52. The van der Waals surface area contributed by atoms with E-state index < -0.39 is 6.10 Å². The summed E-state index contributed by atoms with van der Waals surface area (Å²) < 4.78 is 11.2. The van der Waals surface area contributed by atoms with Gasteiger partial charge in [-0.05, 0) is 23.6 Å². The van der Waals surface area contributed by atoms with Crippen molar-refractivity contribution >= 4 is 11.6 Å². The molecular weight excluding hydrogens is 270 g/mol. The van der Waals surface area contributed by atoms with Crippen molar-refractivity contribution in [3.8, 4) is 23.8 Å². The van der Waals surface area contributed by atoms with E-state index in [1.165, 1.54) is 12.0 Å². The van der Waals surface area contributed by atoms with Gasteiger partial charge in [0, 0.05) is 0 Å². The number of ether oxygens (including phenoxy) is 2. The molecule has 0 fully saturated rings. The van der Waals surface area contributed by atoms with Gasteiger partial charge in [0.15, 0.2) is 17.6 Å². The van der Waals surface area contributed by atoms with Crippen LogP contribution in [0.4, 0.5) is 5.69 Å². The Bertz CT molecular complexity index is 589. The largest absolute Gasteiger partial charge is 0.493 e. The summed E-state index contributed by atoms with van der Waals surface area (Å²) >= 11 is 0. The van der Waals surface area contributed by atoms with Crippen molar-refractivity contribution in [1.82, 2.24) is 0 Å². The normalized spacial score (nSPS) is 17.2. The van der Waals surface area contributed by atoms with Crippen molar-refractivity contribution in [1.29, 1.82) is 0 Å². The Morgan fingerprint density at radius 2 is 2.24 bits per heavy atom. The zero-order chi connectivity index (χ0) is 15.6. The lowest BCUT2D eigenvalue weighted by atomic mass is 10.0. The monoisotopic (exact) mass is 289 g/mol. The van der Waals surface area contributed by atoms with Gasteiger partial charge in [-0.25, -0.2) is 0 Å². The van der Waals surface area contributed by atoms with Crippen molar-refractivity contribution in [2.24, 2.45) is 5.92 Å². The van der Waals surface area contributed by atoms with Crippen LogP contribution in [0.15, 0.2) is 12.1 Å². The SMILES string of the molecule is C#CCN1C(=O)C(C(C)C)Oc2c(OC)cc(CO)cc21. The highest BCUT2D eigenvalue weighted by Gasteiger charge is 2.37. The van der Waals surface area contributed by atoms with E-state index in [1.54, 1.807) is 12.1 Å². The number of rotatable bonds is 4. The van der Waals surface area contributed by atoms with Crippen molar-refractivity contribution in [2.75, 3.05) is 18.6 Å². The number of fused-ring (bicyclic) bond motifs is 1. The summed E-state index contributed by atoms with van der Waals surface area (Å²) in [5, 5.41) is 9.34. The third-order valence-electron chi connectivity index (χ3n) is 3.40. The summed E-state index contributed by atoms with van der Waals surface area (Å²) in [6, 6.07) is 3.39. The molecule has 5 nitrogen and oxygen atoms in total. The lowest BCUT2D eigenvalue weighted by Crippen LogP contribution is -2.48. The van der Waals surface area contributed by atoms with Crippen molar-refractivity contribution < 1.29 is 19.4 Å². The number of carbonyl (C=O) groups is 1. The lowest BCUT2D eigenvalue weighted by Gasteiger charge is -2.36. The van der Waals surface area contributed by atoms with Crippen LogP contribution in [0.5, 0.6) is 11.5 Å².